The fourth-order valence-electron chi connectivity index (χ4n) is 5.23. The van der Waals surface area contributed by atoms with E-state index in [9.17, 15) is 31.9 Å². The molecule has 0 unspecified atom stereocenters. The summed E-state index contributed by atoms with van der Waals surface area (Å²) in [6, 6.07) is 1.82. The number of aliphatic imine (C=N–C) groups is 1. The zero-order valence-corrected chi connectivity index (χ0v) is 21.9. The number of amides is 1. The number of amidine groups is 1. The number of ether oxygens (including phenoxy) is 1. The number of rotatable bonds is 6. The van der Waals surface area contributed by atoms with Crippen molar-refractivity contribution in [3.05, 3.63) is 90.7 Å². The highest BCUT2D eigenvalue weighted by Crippen LogP contribution is 2.35. The van der Waals surface area contributed by atoms with Crippen molar-refractivity contribution in [2.45, 2.75) is 38.5 Å². The summed E-state index contributed by atoms with van der Waals surface area (Å²) < 4.78 is 59.4. The SMILES string of the molecule is COc1c(N2CC=C(C3=CN4C[C@@H](C)N=C4C(C(=O)N[C@H](C)c4cccc(C(F)(F)F)c4F)=C3)CC2)c(=O)c1=O. The molecule has 3 aliphatic rings. The number of carbonyl (C=O) groups is 1. The van der Waals surface area contributed by atoms with E-state index in [4.69, 9.17) is 4.74 Å². The number of methoxy groups -OCH3 is 1. The number of nitrogens with one attached hydrogen (secondary N) is 1. The van der Waals surface area contributed by atoms with Gasteiger partial charge in [0.2, 0.25) is 0 Å². The number of hydrogen-bond donors (Lipinski definition) is 1. The van der Waals surface area contributed by atoms with Crippen LogP contribution in [0.1, 0.15) is 37.4 Å². The largest absolute Gasteiger partial charge is 0.491 e. The van der Waals surface area contributed by atoms with Gasteiger partial charge >= 0.3 is 6.18 Å². The molecule has 2 aromatic carbocycles. The van der Waals surface area contributed by atoms with Gasteiger partial charge in [-0.15, -0.1) is 0 Å². The molecule has 0 fully saturated rings. The molecule has 0 aromatic heterocycles. The number of halogens is 4. The summed E-state index contributed by atoms with van der Waals surface area (Å²) in [5.41, 5.74) is -0.769. The fraction of sp³-hybridized carbons (Fsp3) is 0.357. The van der Waals surface area contributed by atoms with Crippen LogP contribution in [0.4, 0.5) is 23.2 Å². The quantitative estimate of drug-likeness (QED) is 0.432. The molecule has 0 saturated heterocycles. The van der Waals surface area contributed by atoms with E-state index >= 15 is 0 Å². The Balaban J connectivity index is 1.39. The van der Waals surface area contributed by atoms with E-state index in [0.717, 1.165) is 17.2 Å². The van der Waals surface area contributed by atoms with Crippen molar-refractivity contribution >= 4 is 17.4 Å². The van der Waals surface area contributed by atoms with Crippen molar-refractivity contribution in [1.82, 2.24) is 10.2 Å². The van der Waals surface area contributed by atoms with Crippen LogP contribution in [-0.2, 0) is 11.0 Å². The molecular formula is C28H26F4N4O4. The predicted octanol–water partition coefficient (Wildman–Crippen LogP) is 3.39. The summed E-state index contributed by atoms with van der Waals surface area (Å²) in [6.45, 7) is 4.64. The molecule has 210 valence electrons. The Labute approximate surface area is 226 Å². The van der Waals surface area contributed by atoms with Crippen molar-refractivity contribution < 1.29 is 27.1 Å². The Bertz CT molecular complexity index is 1580. The molecule has 0 radical (unpaired) electrons. The van der Waals surface area contributed by atoms with Gasteiger partial charge in [-0.05, 0) is 43.6 Å². The number of alkyl halides is 3. The first kappa shape index (κ1) is 27.4. The maximum atomic E-state index is 14.7. The summed E-state index contributed by atoms with van der Waals surface area (Å²) in [4.78, 5) is 45.3. The molecule has 3 aliphatic heterocycles. The number of carbonyl (C=O) groups excluding carboxylic acids is 1. The van der Waals surface area contributed by atoms with Crippen LogP contribution < -0.4 is 25.8 Å². The summed E-state index contributed by atoms with van der Waals surface area (Å²) in [5, 5.41) is 2.63. The number of anilines is 1. The number of hydrogen-bond acceptors (Lipinski definition) is 7. The van der Waals surface area contributed by atoms with Gasteiger partial charge in [-0.25, -0.2) is 4.39 Å². The second-order valence-electron chi connectivity index (χ2n) is 9.96. The molecule has 40 heavy (non-hydrogen) atoms. The lowest BCUT2D eigenvalue weighted by atomic mass is 9.94. The highest BCUT2D eigenvalue weighted by Gasteiger charge is 2.37. The molecule has 1 amide bonds. The summed E-state index contributed by atoms with van der Waals surface area (Å²) >= 11 is 0. The van der Waals surface area contributed by atoms with E-state index in [1.807, 2.05) is 24.1 Å². The Morgan fingerprint density at radius 3 is 2.62 bits per heavy atom. The van der Waals surface area contributed by atoms with Crippen LogP contribution in [0.5, 0.6) is 5.75 Å². The Morgan fingerprint density at radius 2 is 1.98 bits per heavy atom. The van der Waals surface area contributed by atoms with Crippen LogP contribution in [0.15, 0.2) is 67.9 Å². The normalized spacial score (nSPS) is 19.9. The van der Waals surface area contributed by atoms with E-state index in [0.29, 0.717) is 38.0 Å². The number of nitrogens with zero attached hydrogens (tertiary/aromatic N) is 3. The van der Waals surface area contributed by atoms with Crippen molar-refractivity contribution in [3.8, 4) is 5.75 Å². The van der Waals surface area contributed by atoms with Crippen LogP contribution in [0.2, 0.25) is 0 Å². The first-order chi connectivity index (χ1) is 18.9. The highest BCUT2D eigenvalue weighted by atomic mass is 19.4. The molecule has 0 aliphatic carbocycles. The minimum Gasteiger partial charge on any atom is -0.491 e. The topological polar surface area (TPSA) is 91.3 Å². The molecule has 0 saturated carbocycles. The second-order valence-corrected chi connectivity index (χ2v) is 9.96. The molecule has 0 spiro atoms. The molecule has 5 rings (SSSR count). The first-order valence-corrected chi connectivity index (χ1v) is 12.7. The lowest BCUT2D eigenvalue weighted by molar-refractivity contribution is -0.140. The standard InChI is InChI=1S/C28H26F4N4O4/c1-14-12-36-13-17(16-7-9-35(10-8-16)22-23(37)24(38)25(22)40-3)11-19(26(36)33-14)27(39)34-15(2)18-5-4-6-20(21(18)29)28(30,31)32/h4-7,11,13-15H,8-10,12H2,1-3H3,(H,34,39)/t14-,15-/m1/s1. The lowest BCUT2D eigenvalue weighted by Gasteiger charge is -2.31. The molecule has 2 aromatic rings. The van der Waals surface area contributed by atoms with Crippen LogP contribution >= 0.6 is 0 Å². The molecule has 8 nitrogen and oxygen atoms in total. The van der Waals surface area contributed by atoms with Gasteiger partial charge in [0, 0.05) is 31.4 Å². The van der Waals surface area contributed by atoms with Gasteiger partial charge in [-0.2, -0.15) is 13.2 Å². The van der Waals surface area contributed by atoms with E-state index in [1.165, 1.54) is 20.1 Å². The lowest BCUT2D eigenvalue weighted by Crippen LogP contribution is -2.43. The fourth-order valence-corrected chi connectivity index (χ4v) is 5.23. The zero-order valence-electron chi connectivity index (χ0n) is 21.9. The predicted molar refractivity (Wildman–Crippen MR) is 141 cm³/mol. The van der Waals surface area contributed by atoms with Gasteiger partial charge < -0.3 is 19.9 Å². The second kappa shape index (κ2) is 10.1. The van der Waals surface area contributed by atoms with Crippen LogP contribution in [-0.4, -0.2) is 49.4 Å². The highest BCUT2D eigenvalue weighted by molar-refractivity contribution is 6.22. The minimum absolute atomic E-state index is 0.0517. The Morgan fingerprint density at radius 1 is 1.23 bits per heavy atom. The van der Waals surface area contributed by atoms with Crippen molar-refractivity contribution in [2.24, 2.45) is 4.99 Å². The number of benzene rings is 1. The molecule has 12 heteroatoms. The Kier molecular flexibility index (Phi) is 6.89. The van der Waals surface area contributed by atoms with Gasteiger partial charge in [-0.1, -0.05) is 18.2 Å². The monoisotopic (exact) mass is 558 g/mol. The van der Waals surface area contributed by atoms with Gasteiger partial charge in [0.1, 0.15) is 17.3 Å². The third kappa shape index (κ3) is 4.71. The van der Waals surface area contributed by atoms with E-state index in [2.05, 4.69) is 10.3 Å². The smallest absolute Gasteiger partial charge is 0.419 e. The van der Waals surface area contributed by atoms with Gasteiger partial charge in [0.05, 0.1) is 30.3 Å². The Hall–Kier alpha value is -4.22. The number of allylic oxidation sites excluding steroid dienone is 2. The third-order valence-corrected chi connectivity index (χ3v) is 7.25. The first-order valence-electron chi connectivity index (χ1n) is 12.7. The van der Waals surface area contributed by atoms with E-state index < -0.39 is 40.4 Å². The maximum absolute atomic E-state index is 14.7. The molecule has 2 atom stereocenters. The molecule has 1 N–H and O–H groups in total. The summed E-state index contributed by atoms with van der Waals surface area (Å²) in [6.07, 6.45) is 1.10. The minimum atomic E-state index is -4.86. The van der Waals surface area contributed by atoms with Crippen LogP contribution in [0, 0.1) is 5.82 Å². The third-order valence-electron chi connectivity index (χ3n) is 7.25. The number of fused-ring (bicyclic) bond motifs is 1. The van der Waals surface area contributed by atoms with E-state index in [1.54, 1.807) is 11.0 Å². The average Bonchev–Trinajstić information content (AvgIpc) is 3.29. The van der Waals surface area contributed by atoms with Crippen LogP contribution in [0.25, 0.3) is 0 Å². The average molecular weight is 559 g/mol. The van der Waals surface area contributed by atoms with Gasteiger partial charge in [0.25, 0.3) is 16.8 Å². The summed E-state index contributed by atoms with van der Waals surface area (Å²) in [7, 11) is 1.34. The maximum Gasteiger partial charge on any atom is 0.419 e. The van der Waals surface area contributed by atoms with Gasteiger partial charge in [-0.3, -0.25) is 19.4 Å². The molecule has 3 heterocycles. The summed E-state index contributed by atoms with van der Waals surface area (Å²) in [5.74, 6) is -1.54. The van der Waals surface area contributed by atoms with Crippen LogP contribution in [0.3, 0.4) is 0 Å². The van der Waals surface area contributed by atoms with Crippen molar-refractivity contribution in [2.75, 3.05) is 31.6 Å². The zero-order chi connectivity index (χ0) is 28.9. The van der Waals surface area contributed by atoms with Crippen molar-refractivity contribution in [1.29, 1.82) is 0 Å². The molecule has 0 bridgehead atoms. The van der Waals surface area contributed by atoms with E-state index in [-0.39, 0.29) is 28.6 Å². The van der Waals surface area contributed by atoms with Crippen molar-refractivity contribution in [3.63, 3.8) is 0 Å². The van der Waals surface area contributed by atoms with Gasteiger partial charge in [0.15, 0.2) is 5.75 Å². The molecular weight excluding hydrogens is 532 g/mol.